The van der Waals surface area contributed by atoms with Gasteiger partial charge in [0.15, 0.2) is 16.7 Å². The van der Waals surface area contributed by atoms with Crippen molar-refractivity contribution in [1.82, 2.24) is 9.55 Å². The van der Waals surface area contributed by atoms with Crippen molar-refractivity contribution in [3.8, 4) is 11.5 Å². The first kappa shape index (κ1) is 20.7. The average molecular weight is 446 g/mol. The minimum atomic E-state index is -0.174. The summed E-state index contributed by atoms with van der Waals surface area (Å²) in [5.41, 5.74) is 1.29. The van der Waals surface area contributed by atoms with Crippen LogP contribution in [-0.2, 0) is 11.3 Å². The van der Waals surface area contributed by atoms with Crippen molar-refractivity contribution in [3.05, 3.63) is 40.0 Å². The first-order chi connectivity index (χ1) is 14.5. The van der Waals surface area contributed by atoms with Crippen LogP contribution in [0.15, 0.2) is 39.6 Å². The Morgan fingerprint density at radius 3 is 2.87 bits per heavy atom. The third-order valence-electron chi connectivity index (χ3n) is 4.62. The van der Waals surface area contributed by atoms with Crippen molar-refractivity contribution < 1.29 is 14.3 Å². The van der Waals surface area contributed by atoms with Crippen molar-refractivity contribution in [1.29, 1.82) is 0 Å². The van der Waals surface area contributed by atoms with Crippen molar-refractivity contribution in [2.45, 2.75) is 32.0 Å². The number of nitrogens with one attached hydrogen (secondary N) is 1. The molecule has 0 atom stereocenters. The van der Waals surface area contributed by atoms with E-state index in [9.17, 15) is 9.59 Å². The summed E-state index contributed by atoms with van der Waals surface area (Å²) < 4.78 is 13.4. The third-order valence-corrected chi connectivity index (χ3v) is 6.49. The highest BCUT2D eigenvalue weighted by Gasteiger charge is 2.16. The average Bonchev–Trinajstić information content (AvgIpc) is 3.20. The molecule has 0 radical (unpaired) electrons. The van der Waals surface area contributed by atoms with E-state index in [0.717, 1.165) is 6.42 Å². The van der Waals surface area contributed by atoms with Crippen molar-refractivity contribution in [2.75, 3.05) is 24.3 Å². The predicted octanol–water partition coefficient (Wildman–Crippen LogP) is 4.01. The van der Waals surface area contributed by atoms with E-state index in [1.165, 1.54) is 23.1 Å². The number of ether oxygens (including phenoxy) is 2. The highest BCUT2D eigenvalue weighted by Crippen LogP contribution is 2.32. The van der Waals surface area contributed by atoms with E-state index in [-0.39, 0.29) is 17.2 Å². The van der Waals surface area contributed by atoms with E-state index < -0.39 is 0 Å². The molecule has 4 rings (SSSR count). The number of rotatable bonds is 7. The molecule has 158 valence electrons. The number of thiophene rings is 1. The maximum Gasteiger partial charge on any atom is 0.272 e. The number of hydrogen-bond acceptors (Lipinski definition) is 7. The number of fused-ring (bicyclic) bond motifs is 2. The van der Waals surface area contributed by atoms with E-state index in [0.29, 0.717) is 58.2 Å². The van der Waals surface area contributed by atoms with E-state index >= 15 is 0 Å². The van der Waals surface area contributed by atoms with Crippen LogP contribution in [0, 0.1) is 5.92 Å². The van der Waals surface area contributed by atoms with Gasteiger partial charge in [-0.1, -0.05) is 25.6 Å². The van der Waals surface area contributed by atoms with Gasteiger partial charge in [-0.15, -0.1) is 11.3 Å². The monoisotopic (exact) mass is 445 g/mol. The lowest BCUT2D eigenvalue weighted by Crippen LogP contribution is -2.24. The van der Waals surface area contributed by atoms with Gasteiger partial charge in [-0.05, 0) is 35.9 Å². The van der Waals surface area contributed by atoms with Gasteiger partial charge in [0, 0.05) is 18.3 Å². The van der Waals surface area contributed by atoms with Crippen LogP contribution in [0.2, 0.25) is 0 Å². The number of anilines is 1. The van der Waals surface area contributed by atoms with Crippen molar-refractivity contribution in [3.63, 3.8) is 0 Å². The Balaban J connectivity index is 1.47. The van der Waals surface area contributed by atoms with E-state index in [4.69, 9.17) is 9.47 Å². The molecule has 0 saturated carbocycles. The number of benzene rings is 1. The zero-order valence-electron chi connectivity index (χ0n) is 16.8. The number of amides is 1. The molecular weight excluding hydrogens is 422 g/mol. The van der Waals surface area contributed by atoms with Crippen LogP contribution < -0.4 is 20.3 Å². The van der Waals surface area contributed by atoms with Gasteiger partial charge in [-0.25, -0.2) is 4.98 Å². The minimum absolute atomic E-state index is 0.0367. The summed E-state index contributed by atoms with van der Waals surface area (Å²) in [7, 11) is 0. The van der Waals surface area contributed by atoms with Crippen LogP contribution >= 0.6 is 23.1 Å². The number of thioether (sulfide) groups is 1. The Morgan fingerprint density at radius 1 is 1.27 bits per heavy atom. The van der Waals surface area contributed by atoms with E-state index in [1.807, 2.05) is 11.4 Å². The van der Waals surface area contributed by atoms with Crippen LogP contribution in [0.5, 0.6) is 11.5 Å². The Labute approximate surface area is 182 Å². The molecule has 1 aliphatic heterocycles. The second-order valence-electron chi connectivity index (χ2n) is 7.36. The summed E-state index contributed by atoms with van der Waals surface area (Å²) in [4.78, 5) is 30.0. The lowest BCUT2D eigenvalue weighted by atomic mass is 10.1. The maximum absolute atomic E-state index is 12.9. The highest BCUT2D eigenvalue weighted by atomic mass is 32.2. The highest BCUT2D eigenvalue weighted by molar-refractivity contribution is 7.99. The van der Waals surface area contributed by atoms with Crippen LogP contribution in [-0.4, -0.2) is 34.4 Å². The van der Waals surface area contributed by atoms with E-state index in [2.05, 4.69) is 24.1 Å². The van der Waals surface area contributed by atoms with Gasteiger partial charge in [-0.2, -0.15) is 0 Å². The fourth-order valence-electron chi connectivity index (χ4n) is 3.07. The molecule has 3 aromatic rings. The fourth-order valence-corrected chi connectivity index (χ4v) is 4.67. The summed E-state index contributed by atoms with van der Waals surface area (Å²) in [6.45, 7) is 5.84. The summed E-state index contributed by atoms with van der Waals surface area (Å²) in [6, 6.07) is 7.16. The van der Waals surface area contributed by atoms with Gasteiger partial charge in [0.05, 0.1) is 11.3 Å². The van der Waals surface area contributed by atoms with Gasteiger partial charge in [0.2, 0.25) is 5.91 Å². The summed E-state index contributed by atoms with van der Waals surface area (Å²) in [6.07, 6.45) is 0.870. The molecule has 0 spiro atoms. The van der Waals surface area contributed by atoms with Gasteiger partial charge in [0.1, 0.15) is 17.9 Å². The number of carbonyl (C=O) groups excluding carboxylic acids is 1. The lowest BCUT2D eigenvalue weighted by Gasteiger charge is -2.19. The molecule has 30 heavy (non-hydrogen) atoms. The molecule has 3 heterocycles. The summed E-state index contributed by atoms with van der Waals surface area (Å²) >= 11 is 2.68. The molecule has 1 amide bonds. The fraction of sp³-hybridized carbons (Fsp3) is 0.381. The predicted molar refractivity (Wildman–Crippen MR) is 120 cm³/mol. The largest absolute Gasteiger partial charge is 0.486 e. The first-order valence-electron chi connectivity index (χ1n) is 9.81. The maximum atomic E-state index is 12.9. The molecule has 7 nitrogen and oxygen atoms in total. The lowest BCUT2D eigenvalue weighted by molar-refractivity contribution is -0.113. The molecular formula is C21H23N3O4S2. The SMILES string of the molecule is CC(C)CCn1c(SCC(=O)Nc2ccc3c(c2)OCCO3)nc2ccsc2c1=O. The van der Waals surface area contributed by atoms with Gasteiger partial charge in [-0.3, -0.25) is 14.2 Å². The number of hydrogen-bond donors (Lipinski definition) is 1. The van der Waals surface area contributed by atoms with Crippen molar-refractivity contribution in [2.24, 2.45) is 5.92 Å². The van der Waals surface area contributed by atoms with Crippen LogP contribution in [0.1, 0.15) is 20.3 Å². The summed E-state index contributed by atoms with van der Waals surface area (Å²) in [5.74, 6) is 1.74. The molecule has 2 aromatic heterocycles. The molecule has 1 aromatic carbocycles. The molecule has 0 unspecified atom stereocenters. The number of carbonyl (C=O) groups is 1. The van der Waals surface area contributed by atoms with Gasteiger partial charge in [0.25, 0.3) is 5.56 Å². The first-order valence-corrected chi connectivity index (χ1v) is 11.7. The molecule has 0 aliphatic carbocycles. The molecule has 0 saturated heterocycles. The number of nitrogens with zero attached hydrogens (tertiary/aromatic N) is 2. The zero-order chi connectivity index (χ0) is 21.1. The Morgan fingerprint density at radius 2 is 2.07 bits per heavy atom. The molecule has 1 N–H and O–H groups in total. The van der Waals surface area contributed by atoms with Gasteiger partial charge >= 0.3 is 0 Å². The normalized spacial score (nSPS) is 13.0. The van der Waals surface area contributed by atoms with Crippen LogP contribution in [0.25, 0.3) is 10.2 Å². The molecule has 0 bridgehead atoms. The standard InChI is InChI=1S/C21H23N3O4S2/c1-13(2)5-7-24-20(26)19-15(6-10-29-19)23-21(24)30-12-18(25)22-14-3-4-16-17(11-14)28-9-8-27-16/h3-4,6,10-11,13H,5,7-9,12H2,1-2H3,(H,22,25). The number of aromatic nitrogens is 2. The molecule has 1 aliphatic rings. The zero-order valence-corrected chi connectivity index (χ0v) is 18.5. The Bertz CT molecular complexity index is 1120. The molecule has 9 heteroatoms. The topological polar surface area (TPSA) is 82.5 Å². The molecule has 0 fully saturated rings. The smallest absolute Gasteiger partial charge is 0.272 e. The minimum Gasteiger partial charge on any atom is -0.486 e. The Kier molecular flexibility index (Phi) is 6.29. The van der Waals surface area contributed by atoms with Gasteiger partial charge < -0.3 is 14.8 Å². The third kappa shape index (κ3) is 4.62. The van der Waals surface area contributed by atoms with Crippen molar-refractivity contribution >= 4 is 44.9 Å². The second kappa shape index (κ2) is 9.09. The quantitative estimate of drug-likeness (QED) is 0.437. The van der Waals surface area contributed by atoms with Crippen LogP contribution in [0.3, 0.4) is 0 Å². The van der Waals surface area contributed by atoms with Crippen LogP contribution in [0.4, 0.5) is 5.69 Å². The Hall–Kier alpha value is -2.52. The summed E-state index contributed by atoms with van der Waals surface area (Å²) in [5, 5.41) is 5.31. The second-order valence-corrected chi connectivity index (χ2v) is 9.22. The van der Waals surface area contributed by atoms with E-state index in [1.54, 1.807) is 22.8 Å².